The van der Waals surface area contributed by atoms with E-state index in [0.29, 0.717) is 6.42 Å². The van der Waals surface area contributed by atoms with Crippen LogP contribution in [-0.2, 0) is 6.42 Å². The third kappa shape index (κ3) is 1.85. The SMILES string of the molecule is N#CCc1cc2cc(Br)sc2cc1Br. The second kappa shape index (κ2) is 4.01. The number of nitriles is 1. The van der Waals surface area contributed by atoms with E-state index in [1.54, 1.807) is 11.3 Å². The molecular formula is C10H5Br2NS. The van der Waals surface area contributed by atoms with Gasteiger partial charge in [-0.25, -0.2) is 0 Å². The first kappa shape index (κ1) is 10.2. The zero-order valence-corrected chi connectivity index (χ0v) is 11.0. The van der Waals surface area contributed by atoms with Crippen molar-refractivity contribution in [3.63, 3.8) is 0 Å². The van der Waals surface area contributed by atoms with Crippen LogP contribution in [0.5, 0.6) is 0 Å². The van der Waals surface area contributed by atoms with Gasteiger partial charge in [-0.1, -0.05) is 15.9 Å². The van der Waals surface area contributed by atoms with Gasteiger partial charge in [0.1, 0.15) is 0 Å². The Balaban J connectivity index is 2.65. The van der Waals surface area contributed by atoms with Gasteiger partial charge in [-0.15, -0.1) is 11.3 Å². The molecule has 0 saturated carbocycles. The molecule has 1 aromatic carbocycles. The highest BCUT2D eigenvalue weighted by Gasteiger charge is 2.05. The normalized spacial score (nSPS) is 10.4. The van der Waals surface area contributed by atoms with Crippen LogP contribution in [0, 0.1) is 11.3 Å². The van der Waals surface area contributed by atoms with Crippen LogP contribution in [0.1, 0.15) is 5.56 Å². The fourth-order valence-electron chi connectivity index (χ4n) is 1.30. The highest BCUT2D eigenvalue weighted by Crippen LogP contribution is 2.33. The fraction of sp³-hybridized carbons (Fsp3) is 0.100. The Morgan fingerprint density at radius 3 is 2.79 bits per heavy atom. The largest absolute Gasteiger partial charge is 0.198 e. The van der Waals surface area contributed by atoms with Crippen molar-refractivity contribution >= 4 is 53.3 Å². The highest BCUT2D eigenvalue weighted by atomic mass is 79.9. The maximum absolute atomic E-state index is 8.64. The molecule has 0 aliphatic heterocycles. The average Bonchev–Trinajstić information content (AvgIpc) is 2.45. The van der Waals surface area contributed by atoms with Crippen LogP contribution in [-0.4, -0.2) is 0 Å². The molecule has 0 amide bonds. The Hall–Kier alpha value is -0.370. The molecule has 70 valence electrons. The molecule has 0 N–H and O–H groups in total. The summed E-state index contributed by atoms with van der Waals surface area (Å²) in [4.78, 5) is 0. The van der Waals surface area contributed by atoms with Crippen molar-refractivity contribution in [2.75, 3.05) is 0 Å². The predicted molar refractivity (Wildman–Crippen MR) is 66.5 cm³/mol. The van der Waals surface area contributed by atoms with Gasteiger partial charge in [0.2, 0.25) is 0 Å². The molecule has 0 unspecified atom stereocenters. The van der Waals surface area contributed by atoms with Crippen LogP contribution < -0.4 is 0 Å². The predicted octanol–water partition coefficient (Wildman–Crippen LogP) is 4.49. The lowest BCUT2D eigenvalue weighted by atomic mass is 10.1. The lowest BCUT2D eigenvalue weighted by molar-refractivity contribution is 1.26. The summed E-state index contributed by atoms with van der Waals surface area (Å²) in [7, 11) is 0. The maximum Gasteiger partial charge on any atom is 0.0711 e. The third-order valence-corrected chi connectivity index (χ3v) is 4.26. The molecule has 2 rings (SSSR count). The molecule has 1 heterocycles. The molecular weight excluding hydrogens is 326 g/mol. The van der Waals surface area contributed by atoms with Crippen LogP contribution in [0.2, 0.25) is 0 Å². The smallest absolute Gasteiger partial charge is 0.0711 e. The number of fused-ring (bicyclic) bond motifs is 1. The molecule has 14 heavy (non-hydrogen) atoms. The van der Waals surface area contributed by atoms with Crippen molar-refractivity contribution in [2.24, 2.45) is 0 Å². The van der Waals surface area contributed by atoms with Gasteiger partial charge in [0.15, 0.2) is 0 Å². The van der Waals surface area contributed by atoms with E-state index in [0.717, 1.165) is 13.8 Å². The van der Waals surface area contributed by atoms with Crippen LogP contribution in [0.25, 0.3) is 10.1 Å². The standard InChI is InChI=1S/C10H5Br2NS/c11-8-5-9-7(4-10(12)14-9)3-6(8)1-2-13/h3-5H,1H2. The lowest BCUT2D eigenvalue weighted by Gasteiger charge is -1.99. The van der Waals surface area contributed by atoms with E-state index >= 15 is 0 Å². The number of rotatable bonds is 1. The summed E-state index contributed by atoms with van der Waals surface area (Å²) in [6.07, 6.45) is 0.448. The summed E-state index contributed by atoms with van der Waals surface area (Å²) in [6.45, 7) is 0. The molecule has 0 atom stereocenters. The van der Waals surface area contributed by atoms with Gasteiger partial charge in [-0.3, -0.25) is 0 Å². The van der Waals surface area contributed by atoms with Crippen LogP contribution in [0.4, 0.5) is 0 Å². The monoisotopic (exact) mass is 329 g/mol. The third-order valence-electron chi connectivity index (χ3n) is 1.92. The summed E-state index contributed by atoms with van der Waals surface area (Å²) < 4.78 is 3.36. The summed E-state index contributed by atoms with van der Waals surface area (Å²) in [5, 5.41) is 9.83. The first-order valence-electron chi connectivity index (χ1n) is 3.95. The van der Waals surface area contributed by atoms with E-state index in [1.807, 2.05) is 0 Å². The first-order valence-corrected chi connectivity index (χ1v) is 6.35. The van der Waals surface area contributed by atoms with Gasteiger partial charge in [-0.2, -0.15) is 5.26 Å². The second-order valence-corrected chi connectivity index (χ2v) is 6.18. The molecule has 0 spiro atoms. The van der Waals surface area contributed by atoms with E-state index < -0.39 is 0 Å². The first-order chi connectivity index (χ1) is 6.70. The number of benzene rings is 1. The van der Waals surface area contributed by atoms with Crippen molar-refractivity contribution in [1.29, 1.82) is 5.26 Å². The second-order valence-electron chi connectivity index (χ2n) is 2.87. The minimum Gasteiger partial charge on any atom is -0.198 e. The quantitative estimate of drug-likeness (QED) is 0.755. The molecule has 4 heteroatoms. The summed E-state index contributed by atoms with van der Waals surface area (Å²) in [5.41, 5.74) is 1.05. The van der Waals surface area contributed by atoms with Crippen LogP contribution in [0.15, 0.2) is 26.5 Å². The number of hydrogen-bond donors (Lipinski definition) is 0. The van der Waals surface area contributed by atoms with E-state index in [9.17, 15) is 0 Å². The molecule has 0 bridgehead atoms. The minimum absolute atomic E-state index is 0.448. The van der Waals surface area contributed by atoms with Crippen molar-refractivity contribution in [3.8, 4) is 6.07 Å². The molecule has 0 fully saturated rings. The van der Waals surface area contributed by atoms with Gasteiger partial charge in [-0.05, 0) is 45.1 Å². The fourth-order valence-corrected chi connectivity index (χ4v) is 3.51. The van der Waals surface area contributed by atoms with Crippen LogP contribution >= 0.6 is 43.2 Å². The van der Waals surface area contributed by atoms with Gasteiger partial charge < -0.3 is 0 Å². The number of thiophene rings is 1. The molecule has 2 aromatic rings. The molecule has 0 aliphatic rings. The van der Waals surface area contributed by atoms with E-state index in [-0.39, 0.29) is 0 Å². The van der Waals surface area contributed by atoms with Crippen LogP contribution in [0.3, 0.4) is 0 Å². The molecule has 0 aliphatic carbocycles. The Bertz CT molecular complexity index is 525. The van der Waals surface area contributed by atoms with Crippen molar-refractivity contribution in [1.82, 2.24) is 0 Å². The molecule has 1 nitrogen and oxygen atoms in total. The van der Waals surface area contributed by atoms with E-state index in [4.69, 9.17) is 5.26 Å². The number of hydrogen-bond acceptors (Lipinski definition) is 2. The molecule has 0 radical (unpaired) electrons. The van der Waals surface area contributed by atoms with Gasteiger partial charge in [0, 0.05) is 9.17 Å². The molecule has 0 saturated heterocycles. The zero-order valence-electron chi connectivity index (χ0n) is 7.05. The van der Waals surface area contributed by atoms with Crippen molar-refractivity contribution in [3.05, 3.63) is 32.0 Å². The number of halogens is 2. The Labute approximate surface area is 103 Å². The maximum atomic E-state index is 8.64. The minimum atomic E-state index is 0.448. The highest BCUT2D eigenvalue weighted by molar-refractivity contribution is 9.11. The van der Waals surface area contributed by atoms with Crippen molar-refractivity contribution < 1.29 is 0 Å². The van der Waals surface area contributed by atoms with E-state index in [2.05, 4.69) is 56.1 Å². The van der Waals surface area contributed by atoms with Gasteiger partial charge in [0.25, 0.3) is 0 Å². The molecule has 1 aromatic heterocycles. The zero-order chi connectivity index (χ0) is 10.1. The summed E-state index contributed by atoms with van der Waals surface area (Å²) in [6, 6.07) is 8.36. The van der Waals surface area contributed by atoms with Gasteiger partial charge >= 0.3 is 0 Å². The van der Waals surface area contributed by atoms with Gasteiger partial charge in [0.05, 0.1) is 16.3 Å². The lowest BCUT2D eigenvalue weighted by Crippen LogP contribution is -1.82. The topological polar surface area (TPSA) is 23.8 Å². The Kier molecular flexibility index (Phi) is 2.91. The summed E-state index contributed by atoms with van der Waals surface area (Å²) >= 11 is 8.62. The summed E-state index contributed by atoms with van der Waals surface area (Å²) in [5.74, 6) is 0. The average molecular weight is 331 g/mol. The number of nitrogens with zero attached hydrogens (tertiary/aromatic N) is 1. The van der Waals surface area contributed by atoms with Crippen molar-refractivity contribution in [2.45, 2.75) is 6.42 Å². The Morgan fingerprint density at radius 2 is 2.07 bits per heavy atom. The van der Waals surface area contributed by atoms with E-state index in [1.165, 1.54) is 10.1 Å². The Morgan fingerprint density at radius 1 is 1.29 bits per heavy atom.